The van der Waals surface area contributed by atoms with Crippen molar-refractivity contribution in [1.82, 2.24) is 0 Å². The zero-order valence-corrected chi connectivity index (χ0v) is 9.54. The number of rotatable bonds is 2. The van der Waals surface area contributed by atoms with Crippen LogP contribution >= 0.6 is 11.6 Å². The summed E-state index contributed by atoms with van der Waals surface area (Å²) in [5, 5.41) is 8.73. The number of carbonyl (C=O) groups is 1. The van der Waals surface area contributed by atoms with Gasteiger partial charge >= 0.3 is 91.4 Å². The molecule has 13 heavy (non-hydrogen) atoms. The van der Waals surface area contributed by atoms with Gasteiger partial charge in [0.1, 0.15) is 0 Å². The van der Waals surface area contributed by atoms with E-state index in [4.69, 9.17) is 11.6 Å². The Morgan fingerprint density at radius 3 is 2.85 bits per heavy atom. The molecule has 1 unspecified atom stereocenters. The van der Waals surface area contributed by atoms with Crippen molar-refractivity contribution in [3.63, 3.8) is 0 Å². The summed E-state index contributed by atoms with van der Waals surface area (Å²) in [4.78, 5) is 10.9. The summed E-state index contributed by atoms with van der Waals surface area (Å²) in [7, 11) is 0. The fraction of sp³-hybridized carbons (Fsp3) is 0.222. The fourth-order valence-corrected chi connectivity index (χ4v) is 2.94. The van der Waals surface area contributed by atoms with Crippen LogP contribution in [0.15, 0.2) is 18.2 Å². The molecule has 0 amide bonds. The van der Waals surface area contributed by atoms with Crippen molar-refractivity contribution in [2.75, 3.05) is 4.43 Å². The van der Waals surface area contributed by atoms with Gasteiger partial charge < -0.3 is 0 Å². The molecule has 1 heterocycles. The summed E-state index contributed by atoms with van der Waals surface area (Å²) >= 11 is 5.63. The van der Waals surface area contributed by atoms with Gasteiger partial charge in [-0.1, -0.05) is 0 Å². The van der Waals surface area contributed by atoms with Crippen molar-refractivity contribution in [2.24, 2.45) is 0 Å². The molecule has 0 aromatic heterocycles. The quantitative estimate of drug-likeness (QED) is 0.428. The first-order chi connectivity index (χ1) is 6.18. The van der Waals surface area contributed by atoms with Gasteiger partial charge in [-0.05, 0) is 0 Å². The normalized spacial score (nSPS) is 20.5. The van der Waals surface area contributed by atoms with E-state index >= 15 is 0 Å². The molecule has 1 fully saturated rings. The minimum atomic E-state index is -0.585. The Labute approximate surface area is 91.2 Å². The molecule has 1 aliphatic heterocycles. The molecule has 2 nitrogen and oxygen atoms in total. The number of phenols is 1. The summed E-state index contributed by atoms with van der Waals surface area (Å²) < 4.78 is 1.95. The molecular formula is C9H7ClIO2-. The van der Waals surface area contributed by atoms with Crippen LogP contribution in [-0.4, -0.2) is 14.8 Å². The van der Waals surface area contributed by atoms with E-state index in [1.54, 1.807) is 12.1 Å². The molecule has 1 aliphatic rings. The molecule has 1 aromatic rings. The Bertz CT molecular complexity index is 361. The van der Waals surface area contributed by atoms with Gasteiger partial charge in [-0.3, -0.25) is 0 Å². The summed E-state index contributed by atoms with van der Waals surface area (Å²) in [6.45, 7) is 0. The van der Waals surface area contributed by atoms with E-state index in [-0.39, 0.29) is 11.3 Å². The van der Waals surface area contributed by atoms with Crippen LogP contribution in [0.3, 0.4) is 0 Å². The molecule has 4 heteroatoms. The Balaban J connectivity index is 2.41. The molecule has 1 aromatic carbocycles. The van der Waals surface area contributed by atoms with Crippen LogP contribution in [0.25, 0.3) is 0 Å². The standard InChI is InChI=1S/C9H7ClIO2/c10-9(13)6-3-5(7-4-11-7)1-2-8(6)12/h1-3,7,12H,4H2/q-1. The van der Waals surface area contributed by atoms with Gasteiger partial charge in [-0.15, -0.1) is 0 Å². The SMILES string of the molecule is O=C(Cl)c1cc(C2C[I-]2)ccc1O. The van der Waals surface area contributed by atoms with Gasteiger partial charge in [0, 0.05) is 0 Å². The topological polar surface area (TPSA) is 37.3 Å². The van der Waals surface area contributed by atoms with E-state index in [0.717, 1.165) is 5.56 Å². The second-order valence-corrected chi connectivity index (χ2v) is 6.43. The first-order valence-corrected chi connectivity index (χ1v) is 6.94. The molecule has 1 saturated heterocycles. The van der Waals surface area contributed by atoms with E-state index in [0.29, 0.717) is 25.1 Å². The molecule has 70 valence electrons. The molecular weight excluding hydrogens is 302 g/mol. The number of carbonyl (C=O) groups excluding carboxylic acids is 1. The number of phenolic OH excluding ortho intramolecular Hbond substituents is 1. The predicted octanol–water partition coefficient (Wildman–Crippen LogP) is -1.09. The number of hydrogen-bond donors (Lipinski definition) is 1. The molecule has 1 atom stereocenters. The third-order valence-electron chi connectivity index (χ3n) is 1.90. The molecule has 2 rings (SSSR count). The van der Waals surface area contributed by atoms with Crippen molar-refractivity contribution in [3.8, 4) is 5.75 Å². The van der Waals surface area contributed by atoms with Crippen molar-refractivity contribution >= 4 is 16.8 Å². The summed E-state index contributed by atoms with van der Waals surface area (Å²) in [5.41, 5.74) is 1.38. The molecule has 0 radical (unpaired) electrons. The Hall–Kier alpha value is -0.290. The summed E-state index contributed by atoms with van der Waals surface area (Å²) in [6.07, 6.45) is 0. The molecule has 0 spiro atoms. The van der Waals surface area contributed by atoms with Crippen LogP contribution in [-0.2, 0) is 0 Å². The van der Waals surface area contributed by atoms with Gasteiger partial charge in [-0.25, -0.2) is 0 Å². The van der Waals surface area contributed by atoms with Gasteiger partial charge in [-0.2, -0.15) is 0 Å². The van der Waals surface area contributed by atoms with Crippen LogP contribution in [0, 0.1) is 0 Å². The van der Waals surface area contributed by atoms with Gasteiger partial charge in [0.15, 0.2) is 0 Å². The maximum absolute atomic E-state index is 10.9. The van der Waals surface area contributed by atoms with Crippen LogP contribution in [0.2, 0.25) is 0 Å². The second-order valence-electron chi connectivity index (χ2n) is 2.83. The van der Waals surface area contributed by atoms with Crippen LogP contribution < -0.4 is 21.2 Å². The number of hydrogen-bond acceptors (Lipinski definition) is 2. The zero-order chi connectivity index (χ0) is 9.42. The van der Waals surface area contributed by atoms with E-state index in [1.807, 2.05) is 6.07 Å². The molecule has 0 bridgehead atoms. The van der Waals surface area contributed by atoms with Crippen LogP contribution in [0.5, 0.6) is 5.75 Å². The summed E-state index contributed by atoms with van der Waals surface area (Å²) in [6, 6.07) is 5.13. The van der Waals surface area contributed by atoms with E-state index < -0.39 is 5.24 Å². The molecule has 1 N–H and O–H groups in total. The minimum absolute atomic E-state index is 0.0254. The number of alkyl halides is 2. The van der Waals surface area contributed by atoms with Gasteiger partial charge in [0.05, 0.1) is 0 Å². The average Bonchev–Trinajstić information content (AvgIpc) is 2.87. The second kappa shape index (κ2) is 3.46. The third kappa shape index (κ3) is 1.96. The van der Waals surface area contributed by atoms with Crippen LogP contribution in [0.1, 0.15) is 19.8 Å². The summed E-state index contributed by atoms with van der Waals surface area (Å²) in [5.74, 6) is -0.0254. The predicted molar refractivity (Wildman–Crippen MR) is 45.9 cm³/mol. The zero-order valence-electron chi connectivity index (χ0n) is 6.63. The van der Waals surface area contributed by atoms with Crippen molar-refractivity contribution < 1.29 is 31.1 Å². The first kappa shape index (κ1) is 9.27. The Kier molecular flexibility index (Phi) is 2.47. The van der Waals surface area contributed by atoms with E-state index in [9.17, 15) is 9.90 Å². The van der Waals surface area contributed by atoms with Crippen molar-refractivity contribution in [1.29, 1.82) is 0 Å². The van der Waals surface area contributed by atoms with Gasteiger partial charge in [0.25, 0.3) is 0 Å². The molecule has 0 aliphatic carbocycles. The van der Waals surface area contributed by atoms with E-state index in [1.165, 1.54) is 4.43 Å². The first-order valence-electron chi connectivity index (χ1n) is 3.79. The van der Waals surface area contributed by atoms with E-state index in [2.05, 4.69) is 0 Å². The Morgan fingerprint density at radius 2 is 2.31 bits per heavy atom. The fourth-order valence-electron chi connectivity index (χ4n) is 1.13. The Morgan fingerprint density at radius 1 is 1.62 bits per heavy atom. The van der Waals surface area contributed by atoms with Crippen LogP contribution in [0.4, 0.5) is 0 Å². The van der Waals surface area contributed by atoms with Crippen molar-refractivity contribution in [3.05, 3.63) is 29.3 Å². The molecule has 0 saturated carbocycles. The average molecular weight is 310 g/mol. The third-order valence-corrected chi connectivity index (χ3v) is 4.59. The number of halogens is 2. The van der Waals surface area contributed by atoms with Gasteiger partial charge in [0.2, 0.25) is 0 Å². The monoisotopic (exact) mass is 309 g/mol. The number of aromatic hydroxyl groups is 1. The maximum atomic E-state index is 10.9. The number of benzene rings is 1. The van der Waals surface area contributed by atoms with Crippen molar-refractivity contribution in [2.45, 2.75) is 3.92 Å².